The summed E-state index contributed by atoms with van der Waals surface area (Å²) in [6, 6.07) is 4.71. The van der Waals surface area contributed by atoms with Gasteiger partial charge in [-0.2, -0.15) is 0 Å². The largest absolute Gasteiger partial charge is 0.464 e. The highest BCUT2D eigenvalue weighted by molar-refractivity contribution is 6.36. The lowest BCUT2D eigenvalue weighted by Gasteiger charge is -2.33. The number of likely N-dealkylation sites (tertiary alicyclic amines) is 1. The molecule has 0 N–H and O–H groups in total. The number of carbonyl (C=O) groups excluding carboxylic acids is 2. The highest BCUT2D eigenvalue weighted by atomic mass is 35.5. The van der Waals surface area contributed by atoms with E-state index in [2.05, 4.69) is 0 Å². The molecule has 114 valence electrons. The van der Waals surface area contributed by atoms with Crippen LogP contribution in [0.3, 0.4) is 0 Å². The van der Waals surface area contributed by atoms with Crippen LogP contribution >= 0.6 is 23.2 Å². The maximum absolute atomic E-state index is 12.7. The molecular formula is C15H17Cl2NO3. The molecule has 1 saturated heterocycles. The number of carbonyl (C=O) groups is 2. The molecule has 1 unspecified atom stereocenters. The van der Waals surface area contributed by atoms with Crippen molar-refractivity contribution in [2.45, 2.75) is 32.2 Å². The molecule has 1 atom stereocenters. The molecule has 1 aromatic carbocycles. The molecule has 1 amide bonds. The minimum absolute atomic E-state index is 0.273. The van der Waals surface area contributed by atoms with E-state index in [-0.39, 0.29) is 23.5 Å². The van der Waals surface area contributed by atoms with Crippen molar-refractivity contribution in [3.8, 4) is 0 Å². The Hall–Kier alpha value is -1.26. The SMILES string of the molecule is CCOC(=O)C1(C)CCCN1C(=O)c1ccc(Cl)cc1Cl. The van der Waals surface area contributed by atoms with Gasteiger partial charge in [0.1, 0.15) is 5.54 Å². The molecule has 0 bridgehead atoms. The smallest absolute Gasteiger partial charge is 0.331 e. The minimum Gasteiger partial charge on any atom is -0.464 e. The van der Waals surface area contributed by atoms with Crippen molar-refractivity contribution in [1.82, 2.24) is 4.90 Å². The van der Waals surface area contributed by atoms with Gasteiger partial charge in [-0.15, -0.1) is 0 Å². The predicted octanol–water partition coefficient (Wildman–Crippen LogP) is 3.55. The monoisotopic (exact) mass is 329 g/mol. The Morgan fingerprint density at radius 3 is 2.71 bits per heavy atom. The molecule has 21 heavy (non-hydrogen) atoms. The summed E-state index contributed by atoms with van der Waals surface area (Å²) in [6.07, 6.45) is 1.34. The average molecular weight is 330 g/mol. The number of hydrogen-bond acceptors (Lipinski definition) is 3. The van der Waals surface area contributed by atoms with E-state index >= 15 is 0 Å². The summed E-state index contributed by atoms with van der Waals surface area (Å²) in [4.78, 5) is 26.4. The second kappa shape index (κ2) is 6.24. The Bertz CT molecular complexity index is 576. The maximum Gasteiger partial charge on any atom is 0.331 e. The molecule has 1 aromatic rings. The normalized spacial score (nSPS) is 21.4. The van der Waals surface area contributed by atoms with Crippen LogP contribution in [-0.4, -0.2) is 35.5 Å². The number of hydrogen-bond donors (Lipinski definition) is 0. The first-order chi connectivity index (χ1) is 9.90. The van der Waals surface area contributed by atoms with Crippen LogP contribution in [0.2, 0.25) is 10.0 Å². The van der Waals surface area contributed by atoms with Crippen molar-refractivity contribution in [2.24, 2.45) is 0 Å². The number of benzene rings is 1. The molecule has 0 spiro atoms. The van der Waals surface area contributed by atoms with Crippen LogP contribution in [0.5, 0.6) is 0 Å². The molecule has 0 aliphatic carbocycles. The van der Waals surface area contributed by atoms with Gasteiger partial charge in [0.05, 0.1) is 17.2 Å². The lowest BCUT2D eigenvalue weighted by molar-refractivity contribution is -0.153. The van der Waals surface area contributed by atoms with E-state index in [9.17, 15) is 9.59 Å². The van der Waals surface area contributed by atoms with E-state index in [1.165, 1.54) is 6.07 Å². The fraction of sp³-hybridized carbons (Fsp3) is 0.467. The summed E-state index contributed by atoms with van der Waals surface area (Å²) in [5.41, 5.74) is -0.589. The summed E-state index contributed by atoms with van der Waals surface area (Å²) in [6.45, 7) is 4.28. The quantitative estimate of drug-likeness (QED) is 0.796. The van der Waals surface area contributed by atoms with Crippen molar-refractivity contribution < 1.29 is 14.3 Å². The van der Waals surface area contributed by atoms with E-state index in [0.717, 1.165) is 6.42 Å². The third-order valence-corrected chi connectivity index (χ3v) is 4.31. The highest BCUT2D eigenvalue weighted by Crippen LogP contribution is 2.33. The fourth-order valence-electron chi connectivity index (χ4n) is 2.60. The van der Waals surface area contributed by atoms with E-state index < -0.39 is 5.54 Å². The van der Waals surface area contributed by atoms with Gasteiger partial charge in [0.2, 0.25) is 0 Å². The molecule has 1 heterocycles. The van der Waals surface area contributed by atoms with E-state index in [4.69, 9.17) is 27.9 Å². The van der Waals surface area contributed by atoms with Crippen LogP contribution in [0.1, 0.15) is 37.0 Å². The topological polar surface area (TPSA) is 46.6 Å². The lowest BCUT2D eigenvalue weighted by Crippen LogP contribution is -2.51. The predicted molar refractivity (Wildman–Crippen MR) is 81.8 cm³/mol. The first kappa shape index (κ1) is 16.1. The molecular weight excluding hydrogens is 313 g/mol. The van der Waals surface area contributed by atoms with Gasteiger partial charge in [-0.1, -0.05) is 23.2 Å². The summed E-state index contributed by atoms with van der Waals surface area (Å²) in [5.74, 6) is -0.648. The summed E-state index contributed by atoms with van der Waals surface area (Å²) in [7, 11) is 0. The third kappa shape index (κ3) is 3.01. The van der Waals surface area contributed by atoms with Crippen molar-refractivity contribution >= 4 is 35.1 Å². The molecule has 1 fully saturated rings. The number of amides is 1. The number of halogens is 2. The molecule has 1 aliphatic heterocycles. The summed E-state index contributed by atoms with van der Waals surface area (Å²) >= 11 is 11.9. The minimum atomic E-state index is -0.934. The van der Waals surface area contributed by atoms with Crippen LogP contribution < -0.4 is 0 Å². The number of esters is 1. The van der Waals surface area contributed by atoms with Gasteiger partial charge in [0.25, 0.3) is 5.91 Å². The Balaban J connectivity index is 2.31. The van der Waals surface area contributed by atoms with Gasteiger partial charge in [-0.25, -0.2) is 4.79 Å². The van der Waals surface area contributed by atoms with Gasteiger partial charge >= 0.3 is 5.97 Å². The van der Waals surface area contributed by atoms with Crippen LogP contribution in [0.25, 0.3) is 0 Å². The summed E-state index contributed by atoms with van der Waals surface area (Å²) in [5, 5.41) is 0.747. The van der Waals surface area contributed by atoms with Crippen molar-refractivity contribution in [3.63, 3.8) is 0 Å². The van der Waals surface area contributed by atoms with E-state index in [1.807, 2.05) is 0 Å². The maximum atomic E-state index is 12.7. The second-order valence-electron chi connectivity index (χ2n) is 5.18. The van der Waals surface area contributed by atoms with Crippen LogP contribution in [-0.2, 0) is 9.53 Å². The molecule has 6 heteroatoms. The van der Waals surface area contributed by atoms with Crippen LogP contribution in [0, 0.1) is 0 Å². The second-order valence-corrected chi connectivity index (χ2v) is 6.02. The van der Waals surface area contributed by atoms with Gasteiger partial charge in [-0.3, -0.25) is 4.79 Å². The highest BCUT2D eigenvalue weighted by Gasteiger charge is 2.47. The van der Waals surface area contributed by atoms with Gasteiger partial charge in [0, 0.05) is 11.6 Å². The molecule has 4 nitrogen and oxygen atoms in total. The zero-order chi connectivity index (χ0) is 15.6. The molecule has 0 saturated carbocycles. The number of ether oxygens (including phenoxy) is 1. The third-order valence-electron chi connectivity index (χ3n) is 3.76. The number of rotatable bonds is 3. The van der Waals surface area contributed by atoms with Crippen LogP contribution in [0.4, 0.5) is 0 Å². The Morgan fingerprint density at radius 1 is 1.38 bits per heavy atom. The zero-order valence-electron chi connectivity index (χ0n) is 12.0. The lowest BCUT2D eigenvalue weighted by atomic mass is 9.98. The molecule has 0 aromatic heterocycles. The molecule has 0 radical (unpaired) electrons. The zero-order valence-corrected chi connectivity index (χ0v) is 13.5. The Kier molecular flexibility index (Phi) is 4.79. The van der Waals surface area contributed by atoms with E-state index in [0.29, 0.717) is 23.6 Å². The van der Waals surface area contributed by atoms with Crippen molar-refractivity contribution in [1.29, 1.82) is 0 Å². The Morgan fingerprint density at radius 2 is 2.10 bits per heavy atom. The van der Waals surface area contributed by atoms with Gasteiger partial charge in [0.15, 0.2) is 0 Å². The molecule has 1 aliphatic rings. The van der Waals surface area contributed by atoms with Crippen molar-refractivity contribution in [2.75, 3.05) is 13.2 Å². The first-order valence-electron chi connectivity index (χ1n) is 6.84. The average Bonchev–Trinajstić information content (AvgIpc) is 2.82. The molecule has 2 rings (SSSR count). The van der Waals surface area contributed by atoms with E-state index in [1.54, 1.807) is 30.9 Å². The number of nitrogens with zero attached hydrogens (tertiary/aromatic N) is 1. The van der Waals surface area contributed by atoms with Gasteiger partial charge in [-0.05, 0) is 44.9 Å². The van der Waals surface area contributed by atoms with Crippen molar-refractivity contribution in [3.05, 3.63) is 33.8 Å². The first-order valence-corrected chi connectivity index (χ1v) is 7.60. The standard InChI is InChI=1S/C15H17Cl2NO3/c1-3-21-14(20)15(2)7-4-8-18(15)13(19)11-6-5-10(16)9-12(11)17/h5-6,9H,3-4,7-8H2,1-2H3. The van der Waals surface area contributed by atoms with Crippen LogP contribution in [0.15, 0.2) is 18.2 Å². The summed E-state index contributed by atoms with van der Waals surface area (Å²) < 4.78 is 5.11. The fourth-order valence-corrected chi connectivity index (χ4v) is 3.09. The van der Waals surface area contributed by atoms with Gasteiger partial charge < -0.3 is 9.64 Å². The Labute approximate surface area is 134 Å².